The summed E-state index contributed by atoms with van der Waals surface area (Å²) in [4.78, 5) is 0. The van der Waals surface area contributed by atoms with Crippen molar-refractivity contribution >= 4 is 0 Å². The van der Waals surface area contributed by atoms with Gasteiger partial charge in [0.2, 0.25) is 0 Å². The molecule has 1 heteroatoms. The van der Waals surface area contributed by atoms with Gasteiger partial charge in [0.25, 0.3) is 0 Å². The van der Waals surface area contributed by atoms with Crippen molar-refractivity contribution in [2.24, 2.45) is 5.73 Å². The van der Waals surface area contributed by atoms with Crippen LogP contribution >= 0.6 is 0 Å². The van der Waals surface area contributed by atoms with Gasteiger partial charge < -0.3 is 5.73 Å². The van der Waals surface area contributed by atoms with E-state index in [1.54, 1.807) is 0 Å². The highest BCUT2D eigenvalue weighted by atomic mass is 14.5. The lowest BCUT2D eigenvalue weighted by atomic mass is 10.1. The Kier molecular flexibility index (Phi) is 2.07. The lowest BCUT2D eigenvalue weighted by molar-refractivity contribution is 1.05. The third-order valence-electron chi connectivity index (χ3n) is 1.63. The Morgan fingerprint density at radius 3 is 2.70 bits per heavy atom. The molecule has 0 aliphatic carbocycles. The molecule has 1 aromatic rings. The van der Waals surface area contributed by atoms with Gasteiger partial charge in [0, 0.05) is 6.54 Å². The smallest absolute Gasteiger partial charge is 0.0180 e. The SMILES string of the molecule is [CH2]c1ccc(CN)c(C)c1. The first-order chi connectivity index (χ1) is 4.74. The number of rotatable bonds is 1. The second-order valence-electron chi connectivity index (χ2n) is 2.46. The molecule has 1 radical (unpaired) electrons. The van der Waals surface area contributed by atoms with Crippen LogP contribution in [0.2, 0.25) is 0 Å². The average Bonchev–Trinajstić information content (AvgIpc) is 1.88. The van der Waals surface area contributed by atoms with Crippen LogP contribution in [0.15, 0.2) is 18.2 Å². The van der Waals surface area contributed by atoms with Crippen molar-refractivity contribution < 1.29 is 0 Å². The number of hydrogen-bond donors (Lipinski definition) is 1. The van der Waals surface area contributed by atoms with Crippen molar-refractivity contribution in [1.82, 2.24) is 0 Å². The van der Waals surface area contributed by atoms with Gasteiger partial charge >= 0.3 is 0 Å². The summed E-state index contributed by atoms with van der Waals surface area (Å²) < 4.78 is 0. The molecule has 0 aliphatic rings. The van der Waals surface area contributed by atoms with Gasteiger partial charge in [-0.25, -0.2) is 0 Å². The van der Waals surface area contributed by atoms with Gasteiger partial charge in [0.1, 0.15) is 0 Å². The molecule has 0 spiro atoms. The molecule has 0 saturated heterocycles. The molecule has 10 heavy (non-hydrogen) atoms. The molecule has 2 N–H and O–H groups in total. The molecule has 0 aromatic heterocycles. The van der Waals surface area contributed by atoms with E-state index in [0.717, 1.165) is 5.56 Å². The summed E-state index contributed by atoms with van der Waals surface area (Å²) in [6.07, 6.45) is 0. The summed E-state index contributed by atoms with van der Waals surface area (Å²) in [5, 5.41) is 0. The van der Waals surface area contributed by atoms with Gasteiger partial charge in [-0.15, -0.1) is 0 Å². The van der Waals surface area contributed by atoms with Crippen LogP contribution in [0.4, 0.5) is 0 Å². The van der Waals surface area contributed by atoms with Crippen LogP contribution in [0, 0.1) is 13.8 Å². The number of benzene rings is 1. The first-order valence-electron chi connectivity index (χ1n) is 3.35. The first kappa shape index (κ1) is 7.29. The fourth-order valence-corrected chi connectivity index (χ4v) is 0.987. The first-order valence-corrected chi connectivity index (χ1v) is 3.35. The Labute approximate surface area is 61.9 Å². The Morgan fingerprint density at radius 1 is 1.50 bits per heavy atom. The summed E-state index contributed by atoms with van der Waals surface area (Å²) in [7, 11) is 0. The number of hydrogen-bond acceptors (Lipinski definition) is 1. The van der Waals surface area contributed by atoms with Crippen molar-refractivity contribution in [3.05, 3.63) is 41.8 Å². The van der Waals surface area contributed by atoms with E-state index < -0.39 is 0 Å². The van der Waals surface area contributed by atoms with Crippen LogP contribution in [-0.2, 0) is 6.54 Å². The summed E-state index contributed by atoms with van der Waals surface area (Å²) in [5.74, 6) is 0. The Hall–Kier alpha value is -0.820. The van der Waals surface area contributed by atoms with Crippen molar-refractivity contribution in [2.45, 2.75) is 13.5 Å². The molecular formula is C9H12N. The zero-order valence-corrected chi connectivity index (χ0v) is 6.22. The van der Waals surface area contributed by atoms with E-state index in [2.05, 4.69) is 13.8 Å². The zero-order chi connectivity index (χ0) is 7.56. The summed E-state index contributed by atoms with van der Waals surface area (Å²) in [6, 6.07) is 6.05. The molecule has 0 saturated carbocycles. The van der Waals surface area contributed by atoms with Crippen LogP contribution in [0.1, 0.15) is 16.7 Å². The highest BCUT2D eigenvalue weighted by Gasteiger charge is 1.93. The maximum atomic E-state index is 5.48. The normalized spacial score (nSPS) is 9.90. The van der Waals surface area contributed by atoms with Crippen LogP contribution in [-0.4, -0.2) is 0 Å². The van der Waals surface area contributed by atoms with Crippen LogP contribution < -0.4 is 5.73 Å². The lowest BCUT2D eigenvalue weighted by Gasteiger charge is -2.02. The van der Waals surface area contributed by atoms with Gasteiger partial charge in [-0.3, -0.25) is 0 Å². The topological polar surface area (TPSA) is 26.0 Å². The van der Waals surface area contributed by atoms with E-state index in [-0.39, 0.29) is 0 Å². The van der Waals surface area contributed by atoms with Crippen LogP contribution in [0.25, 0.3) is 0 Å². The zero-order valence-electron chi connectivity index (χ0n) is 6.22. The van der Waals surface area contributed by atoms with Gasteiger partial charge in [0.15, 0.2) is 0 Å². The molecule has 1 aromatic carbocycles. The fraction of sp³-hybridized carbons (Fsp3) is 0.222. The second kappa shape index (κ2) is 2.84. The molecule has 0 atom stereocenters. The maximum absolute atomic E-state index is 5.48. The number of aryl methyl sites for hydroxylation is 1. The molecule has 53 valence electrons. The van der Waals surface area contributed by atoms with Crippen LogP contribution in [0.5, 0.6) is 0 Å². The van der Waals surface area contributed by atoms with E-state index >= 15 is 0 Å². The van der Waals surface area contributed by atoms with E-state index in [4.69, 9.17) is 5.73 Å². The lowest BCUT2D eigenvalue weighted by Crippen LogP contribution is -1.98. The molecule has 0 fully saturated rings. The van der Waals surface area contributed by atoms with Gasteiger partial charge in [-0.1, -0.05) is 18.2 Å². The quantitative estimate of drug-likeness (QED) is 0.620. The predicted octanol–water partition coefficient (Wildman–Crippen LogP) is 1.64. The molecular weight excluding hydrogens is 122 g/mol. The van der Waals surface area contributed by atoms with Crippen LogP contribution in [0.3, 0.4) is 0 Å². The second-order valence-corrected chi connectivity index (χ2v) is 2.46. The standard InChI is InChI=1S/C9H12N/c1-7-3-4-9(6-10)8(2)5-7/h3-5H,1,6,10H2,2H3. The average molecular weight is 134 g/mol. The van der Waals surface area contributed by atoms with E-state index in [1.165, 1.54) is 11.1 Å². The molecule has 1 nitrogen and oxygen atoms in total. The van der Waals surface area contributed by atoms with E-state index in [1.807, 2.05) is 18.2 Å². The minimum atomic E-state index is 0.617. The Bertz CT molecular complexity index is 228. The third-order valence-corrected chi connectivity index (χ3v) is 1.63. The Morgan fingerprint density at radius 2 is 2.20 bits per heavy atom. The summed E-state index contributed by atoms with van der Waals surface area (Å²) in [6.45, 7) is 6.49. The predicted molar refractivity (Wildman–Crippen MR) is 43.5 cm³/mol. The molecule has 0 heterocycles. The molecule has 0 bridgehead atoms. The highest BCUT2D eigenvalue weighted by Crippen LogP contribution is 2.08. The summed E-state index contributed by atoms with van der Waals surface area (Å²) in [5.41, 5.74) is 8.96. The monoisotopic (exact) mass is 134 g/mol. The number of nitrogens with two attached hydrogens (primary N) is 1. The van der Waals surface area contributed by atoms with Gasteiger partial charge in [0.05, 0.1) is 0 Å². The molecule has 0 unspecified atom stereocenters. The Balaban J connectivity index is 3.07. The molecule has 1 rings (SSSR count). The van der Waals surface area contributed by atoms with Gasteiger partial charge in [-0.05, 0) is 30.5 Å². The molecule has 0 amide bonds. The molecule has 0 aliphatic heterocycles. The van der Waals surface area contributed by atoms with E-state index in [0.29, 0.717) is 6.54 Å². The third kappa shape index (κ3) is 1.36. The minimum Gasteiger partial charge on any atom is -0.326 e. The fourth-order valence-electron chi connectivity index (χ4n) is 0.987. The van der Waals surface area contributed by atoms with Crippen molar-refractivity contribution in [1.29, 1.82) is 0 Å². The van der Waals surface area contributed by atoms with Crippen molar-refractivity contribution in [3.63, 3.8) is 0 Å². The van der Waals surface area contributed by atoms with Crippen molar-refractivity contribution in [2.75, 3.05) is 0 Å². The van der Waals surface area contributed by atoms with E-state index in [9.17, 15) is 0 Å². The largest absolute Gasteiger partial charge is 0.326 e. The maximum Gasteiger partial charge on any atom is 0.0180 e. The summed E-state index contributed by atoms with van der Waals surface area (Å²) >= 11 is 0. The van der Waals surface area contributed by atoms with Gasteiger partial charge in [-0.2, -0.15) is 0 Å². The highest BCUT2D eigenvalue weighted by molar-refractivity contribution is 5.31. The van der Waals surface area contributed by atoms with Crippen molar-refractivity contribution in [3.8, 4) is 0 Å². The minimum absolute atomic E-state index is 0.617.